The van der Waals surface area contributed by atoms with Crippen molar-refractivity contribution in [2.75, 3.05) is 7.11 Å². The molecular weight excluding hydrogens is 270 g/mol. The summed E-state index contributed by atoms with van der Waals surface area (Å²) < 4.78 is 6.22. The van der Waals surface area contributed by atoms with Gasteiger partial charge in [-0.15, -0.1) is 0 Å². The number of nitrogens with zero attached hydrogens (tertiary/aromatic N) is 1. The minimum atomic E-state index is -0.407. The molecule has 0 aliphatic heterocycles. The van der Waals surface area contributed by atoms with Crippen molar-refractivity contribution >= 4 is 18.0 Å². The summed E-state index contributed by atoms with van der Waals surface area (Å²) in [5.74, 6) is -0.420. The van der Waals surface area contributed by atoms with Gasteiger partial charge in [0.2, 0.25) is 0 Å². The molecule has 1 heterocycles. The van der Waals surface area contributed by atoms with E-state index in [0.29, 0.717) is 11.3 Å². The quantitative estimate of drug-likeness (QED) is 0.600. The van der Waals surface area contributed by atoms with Crippen molar-refractivity contribution in [2.45, 2.75) is 13.0 Å². The number of hydrogen-bond donors (Lipinski definition) is 0. The summed E-state index contributed by atoms with van der Waals surface area (Å²) in [6.45, 7) is 0.153. The van der Waals surface area contributed by atoms with Gasteiger partial charge in [-0.25, -0.2) is 4.79 Å². The van der Waals surface area contributed by atoms with E-state index in [9.17, 15) is 14.4 Å². The summed E-state index contributed by atoms with van der Waals surface area (Å²) in [6, 6.07) is 10.1. The van der Waals surface area contributed by atoms with Crippen LogP contribution in [0, 0.1) is 0 Å². The number of Topliss-reactive ketones (excluding diaryl/α,β-unsaturated/α-hetero) is 1. The topological polar surface area (TPSA) is 65.4 Å². The van der Waals surface area contributed by atoms with Crippen molar-refractivity contribution in [1.82, 2.24) is 4.57 Å². The fourth-order valence-corrected chi connectivity index (χ4v) is 2.03. The Labute approximate surface area is 122 Å². The van der Waals surface area contributed by atoms with Crippen LogP contribution in [-0.2, 0) is 22.5 Å². The number of esters is 1. The van der Waals surface area contributed by atoms with Gasteiger partial charge in [0.25, 0.3) is 0 Å². The first-order valence-electron chi connectivity index (χ1n) is 6.43. The molecule has 0 spiro atoms. The SMILES string of the molecule is COC(=O)c1ccc(CC(=O)Cn2cccc2C=O)cc1. The third-order valence-electron chi connectivity index (χ3n) is 3.11. The summed E-state index contributed by atoms with van der Waals surface area (Å²) in [7, 11) is 1.32. The van der Waals surface area contributed by atoms with Gasteiger partial charge in [-0.1, -0.05) is 12.1 Å². The van der Waals surface area contributed by atoms with E-state index in [2.05, 4.69) is 4.74 Å². The first-order valence-corrected chi connectivity index (χ1v) is 6.43. The Bertz CT molecular complexity index is 655. The van der Waals surface area contributed by atoms with E-state index in [1.54, 1.807) is 47.2 Å². The molecule has 5 nitrogen and oxygen atoms in total. The molecule has 0 saturated carbocycles. The number of ether oxygens (including phenoxy) is 1. The average Bonchev–Trinajstić information content (AvgIpc) is 2.94. The maximum absolute atomic E-state index is 12.0. The average molecular weight is 285 g/mol. The number of methoxy groups -OCH3 is 1. The Balaban J connectivity index is 1.99. The van der Waals surface area contributed by atoms with Crippen molar-refractivity contribution in [3.8, 4) is 0 Å². The number of carbonyl (C=O) groups is 3. The number of ketones is 1. The van der Waals surface area contributed by atoms with Crippen LogP contribution in [0.15, 0.2) is 42.6 Å². The van der Waals surface area contributed by atoms with Crippen LogP contribution in [0.1, 0.15) is 26.4 Å². The zero-order valence-corrected chi connectivity index (χ0v) is 11.6. The van der Waals surface area contributed by atoms with E-state index in [0.717, 1.165) is 11.8 Å². The van der Waals surface area contributed by atoms with Crippen LogP contribution in [0.5, 0.6) is 0 Å². The zero-order chi connectivity index (χ0) is 15.2. The smallest absolute Gasteiger partial charge is 0.337 e. The predicted octanol–water partition coefficient (Wildman–Crippen LogP) is 1.90. The maximum atomic E-state index is 12.0. The number of rotatable bonds is 6. The number of carbonyl (C=O) groups excluding carboxylic acids is 3. The molecule has 0 fully saturated rings. The minimum Gasteiger partial charge on any atom is -0.465 e. The third-order valence-corrected chi connectivity index (χ3v) is 3.11. The van der Waals surface area contributed by atoms with E-state index in [1.807, 2.05) is 0 Å². The van der Waals surface area contributed by atoms with Crippen LogP contribution in [0.25, 0.3) is 0 Å². The molecular formula is C16H15NO4. The molecule has 0 unspecified atom stereocenters. The fraction of sp³-hybridized carbons (Fsp3) is 0.188. The molecule has 5 heteroatoms. The number of benzene rings is 1. The van der Waals surface area contributed by atoms with Gasteiger partial charge in [0.15, 0.2) is 12.1 Å². The van der Waals surface area contributed by atoms with Crippen LogP contribution in [-0.4, -0.2) is 29.7 Å². The van der Waals surface area contributed by atoms with Crippen LogP contribution >= 0.6 is 0 Å². The van der Waals surface area contributed by atoms with E-state index in [4.69, 9.17) is 0 Å². The lowest BCUT2D eigenvalue weighted by Crippen LogP contribution is -2.13. The molecule has 0 N–H and O–H groups in total. The summed E-state index contributed by atoms with van der Waals surface area (Å²) in [4.78, 5) is 34.1. The molecule has 21 heavy (non-hydrogen) atoms. The van der Waals surface area contributed by atoms with Crippen molar-refractivity contribution in [3.05, 3.63) is 59.4 Å². The number of hydrogen-bond acceptors (Lipinski definition) is 4. The van der Waals surface area contributed by atoms with Gasteiger partial charge in [0.1, 0.15) is 0 Å². The first-order chi connectivity index (χ1) is 10.1. The van der Waals surface area contributed by atoms with E-state index in [1.165, 1.54) is 7.11 Å². The lowest BCUT2D eigenvalue weighted by atomic mass is 10.1. The highest BCUT2D eigenvalue weighted by molar-refractivity contribution is 5.89. The second-order valence-corrected chi connectivity index (χ2v) is 4.58. The third kappa shape index (κ3) is 3.66. The highest BCUT2D eigenvalue weighted by atomic mass is 16.5. The lowest BCUT2D eigenvalue weighted by Gasteiger charge is -2.05. The van der Waals surface area contributed by atoms with Crippen molar-refractivity contribution in [1.29, 1.82) is 0 Å². The number of aromatic nitrogens is 1. The Kier molecular flexibility index (Phi) is 4.66. The Morgan fingerprint density at radius 2 is 1.90 bits per heavy atom. The molecule has 1 aromatic heterocycles. The summed E-state index contributed by atoms with van der Waals surface area (Å²) in [5.41, 5.74) is 1.74. The molecule has 0 amide bonds. The standard InChI is InChI=1S/C16H15NO4/c1-21-16(20)13-6-4-12(5-7-13)9-15(19)10-17-8-2-3-14(17)11-18/h2-8,11H,9-10H2,1H3. The van der Waals surface area contributed by atoms with Crippen molar-refractivity contribution in [2.24, 2.45) is 0 Å². The zero-order valence-electron chi connectivity index (χ0n) is 11.6. The van der Waals surface area contributed by atoms with Crippen molar-refractivity contribution in [3.63, 3.8) is 0 Å². The largest absolute Gasteiger partial charge is 0.465 e. The van der Waals surface area contributed by atoms with Gasteiger partial charge in [-0.05, 0) is 29.8 Å². The van der Waals surface area contributed by atoms with Crippen LogP contribution in [0.4, 0.5) is 0 Å². The molecule has 0 aliphatic rings. The lowest BCUT2D eigenvalue weighted by molar-refractivity contribution is -0.119. The summed E-state index contributed by atoms with van der Waals surface area (Å²) >= 11 is 0. The van der Waals surface area contributed by atoms with Crippen LogP contribution < -0.4 is 0 Å². The first kappa shape index (κ1) is 14.7. The maximum Gasteiger partial charge on any atom is 0.337 e. The second kappa shape index (κ2) is 6.65. The normalized spacial score (nSPS) is 10.1. The van der Waals surface area contributed by atoms with Crippen LogP contribution in [0.3, 0.4) is 0 Å². The Morgan fingerprint density at radius 3 is 2.52 bits per heavy atom. The van der Waals surface area contributed by atoms with Gasteiger partial charge < -0.3 is 9.30 Å². The van der Waals surface area contributed by atoms with Gasteiger partial charge in [-0.2, -0.15) is 0 Å². The van der Waals surface area contributed by atoms with Gasteiger partial charge >= 0.3 is 5.97 Å². The molecule has 0 bridgehead atoms. The minimum absolute atomic E-state index is 0.0138. The monoisotopic (exact) mass is 285 g/mol. The molecule has 2 rings (SSSR count). The summed E-state index contributed by atoms with van der Waals surface area (Å²) in [5, 5.41) is 0. The molecule has 2 aromatic rings. The molecule has 0 atom stereocenters. The van der Waals surface area contributed by atoms with E-state index >= 15 is 0 Å². The second-order valence-electron chi connectivity index (χ2n) is 4.58. The molecule has 0 aliphatic carbocycles. The van der Waals surface area contributed by atoms with Crippen LogP contribution in [0.2, 0.25) is 0 Å². The highest BCUT2D eigenvalue weighted by Gasteiger charge is 2.09. The molecule has 0 radical (unpaired) electrons. The fourth-order valence-electron chi connectivity index (χ4n) is 2.03. The Morgan fingerprint density at radius 1 is 1.19 bits per heavy atom. The summed E-state index contributed by atoms with van der Waals surface area (Å²) in [6.07, 6.45) is 2.67. The van der Waals surface area contributed by atoms with E-state index < -0.39 is 5.97 Å². The number of aldehydes is 1. The molecule has 0 saturated heterocycles. The van der Waals surface area contributed by atoms with Gasteiger partial charge in [-0.3, -0.25) is 9.59 Å². The van der Waals surface area contributed by atoms with Crippen molar-refractivity contribution < 1.29 is 19.1 Å². The molecule has 108 valence electrons. The highest BCUT2D eigenvalue weighted by Crippen LogP contribution is 2.08. The Hall–Kier alpha value is -2.69. The predicted molar refractivity (Wildman–Crippen MR) is 76.3 cm³/mol. The van der Waals surface area contributed by atoms with Gasteiger partial charge in [0, 0.05) is 12.6 Å². The molecule has 1 aromatic carbocycles. The van der Waals surface area contributed by atoms with Gasteiger partial charge in [0.05, 0.1) is 24.9 Å². The van der Waals surface area contributed by atoms with E-state index in [-0.39, 0.29) is 18.7 Å².